The molecular formula is C22H25N3O. The highest BCUT2D eigenvalue weighted by Gasteiger charge is 2.21. The second-order valence-corrected chi connectivity index (χ2v) is 7.45. The molecule has 1 aromatic carbocycles. The van der Waals surface area contributed by atoms with Crippen molar-refractivity contribution in [2.45, 2.75) is 46.0 Å². The van der Waals surface area contributed by atoms with Gasteiger partial charge in [0.05, 0.1) is 5.69 Å². The zero-order valence-corrected chi connectivity index (χ0v) is 15.5. The molecular weight excluding hydrogens is 322 g/mol. The number of fused-ring (bicyclic) bond motifs is 1. The van der Waals surface area contributed by atoms with E-state index in [0.717, 1.165) is 53.8 Å². The minimum atomic E-state index is 0.157. The van der Waals surface area contributed by atoms with Crippen LogP contribution in [0.15, 0.2) is 42.7 Å². The molecule has 0 atom stereocenters. The molecule has 134 valence electrons. The number of hydrogen-bond donors (Lipinski definition) is 1. The van der Waals surface area contributed by atoms with Crippen molar-refractivity contribution in [2.75, 3.05) is 5.32 Å². The highest BCUT2D eigenvalue weighted by atomic mass is 16.1. The number of benzene rings is 1. The van der Waals surface area contributed by atoms with E-state index >= 15 is 0 Å². The van der Waals surface area contributed by atoms with Gasteiger partial charge in [-0.3, -0.25) is 4.79 Å². The number of carbonyl (C=O) groups is 1. The molecule has 1 saturated carbocycles. The van der Waals surface area contributed by atoms with Gasteiger partial charge in [0.1, 0.15) is 5.65 Å². The summed E-state index contributed by atoms with van der Waals surface area (Å²) < 4.78 is 2.03. The predicted octanol–water partition coefficient (Wildman–Crippen LogP) is 5.14. The number of hydrogen-bond acceptors (Lipinski definition) is 2. The summed E-state index contributed by atoms with van der Waals surface area (Å²) in [4.78, 5) is 17.3. The number of imidazole rings is 1. The predicted molar refractivity (Wildman–Crippen MR) is 105 cm³/mol. The molecule has 4 rings (SSSR count). The number of aryl methyl sites for hydroxylation is 2. The number of aromatic nitrogens is 2. The molecule has 26 heavy (non-hydrogen) atoms. The van der Waals surface area contributed by atoms with Crippen molar-refractivity contribution in [3.05, 3.63) is 53.9 Å². The Labute approximate surface area is 154 Å². The fraction of sp³-hybridized carbons (Fsp3) is 0.364. The van der Waals surface area contributed by atoms with Gasteiger partial charge in [-0.05, 0) is 56.0 Å². The Balaban J connectivity index is 1.61. The fourth-order valence-electron chi connectivity index (χ4n) is 3.74. The van der Waals surface area contributed by atoms with Crippen LogP contribution in [0.25, 0.3) is 16.9 Å². The molecule has 1 aliphatic rings. The van der Waals surface area contributed by atoms with E-state index in [9.17, 15) is 4.79 Å². The van der Waals surface area contributed by atoms with Gasteiger partial charge in [0.2, 0.25) is 5.91 Å². The number of anilines is 1. The maximum atomic E-state index is 12.6. The van der Waals surface area contributed by atoms with Crippen molar-refractivity contribution >= 4 is 17.2 Å². The average molecular weight is 347 g/mol. The topological polar surface area (TPSA) is 46.4 Å². The van der Waals surface area contributed by atoms with Gasteiger partial charge < -0.3 is 9.72 Å². The van der Waals surface area contributed by atoms with E-state index < -0.39 is 0 Å². The molecule has 2 heterocycles. The van der Waals surface area contributed by atoms with Crippen LogP contribution in [-0.4, -0.2) is 15.3 Å². The zero-order chi connectivity index (χ0) is 18.1. The summed E-state index contributed by atoms with van der Waals surface area (Å²) in [7, 11) is 0. The van der Waals surface area contributed by atoms with Crippen molar-refractivity contribution in [2.24, 2.45) is 5.92 Å². The molecule has 0 saturated heterocycles. The Bertz CT molecular complexity index is 951. The standard InChI is InChI=1S/C22H25N3O/c1-15-10-11-25-14-20(23-21(25)12-15)18-9-8-16(2)19(13-18)24-22(26)17-6-4-3-5-7-17/h8-14,17H,3-7H2,1-2H3,(H,24,26). The van der Waals surface area contributed by atoms with Crippen LogP contribution in [0.2, 0.25) is 0 Å². The van der Waals surface area contributed by atoms with E-state index in [1.807, 2.05) is 29.8 Å². The summed E-state index contributed by atoms with van der Waals surface area (Å²) in [6, 6.07) is 10.3. The number of pyridine rings is 1. The monoisotopic (exact) mass is 347 g/mol. The van der Waals surface area contributed by atoms with Crippen LogP contribution in [0.5, 0.6) is 0 Å². The average Bonchev–Trinajstić information content (AvgIpc) is 3.07. The lowest BCUT2D eigenvalue weighted by molar-refractivity contribution is -0.120. The SMILES string of the molecule is Cc1ccn2cc(-c3ccc(C)c(NC(=O)C4CCCCC4)c3)nc2c1. The number of nitrogens with one attached hydrogen (secondary N) is 1. The van der Waals surface area contributed by atoms with Crippen LogP contribution in [0.3, 0.4) is 0 Å². The Morgan fingerprint density at radius 3 is 2.73 bits per heavy atom. The van der Waals surface area contributed by atoms with E-state index in [-0.39, 0.29) is 11.8 Å². The molecule has 3 aromatic rings. The molecule has 1 amide bonds. The van der Waals surface area contributed by atoms with Gasteiger partial charge in [-0.15, -0.1) is 0 Å². The van der Waals surface area contributed by atoms with Crippen LogP contribution < -0.4 is 5.32 Å². The molecule has 1 N–H and O–H groups in total. The summed E-state index contributed by atoms with van der Waals surface area (Å²) in [6.45, 7) is 4.10. The van der Waals surface area contributed by atoms with Gasteiger partial charge in [-0.1, -0.05) is 31.4 Å². The quantitative estimate of drug-likeness (QED) is 0.713. The van der Waals surface area contributed by atoms with E-state index in [2.05, 4.69) is 36.5 Å². The van der Waals surface area contributed by atoms with Gasteiger partial charge in [0.25, 0.3) is 0 Å². The molecule has 1 fully saturated rings. The highest BCUT2D eigenvalue weighted by Crippen LogP contribution is 2.28. The molecule has 4 heteroatoms. The van der Waals surface area contributed by atoms with Crippen molar-refractivity contribution in [1.29, 1.82) is 0 Å². The smallest absolute Gasteiger partial charge is 0.227 e. The van der Waals surface area contributed by atoms with Crippen LogP contribution in [0.4, 0.5) is 5.69 Å². The second-order valence-electron chi connectivity index (χ2n) is 7.45. The first kappa shape index (κ1) is 16.8. The Hall–Kier alpha value is -2.62. The van der Waals surface area contributed by atoms with Crippen molar-refractivity contribution in [1.82, 2.24) is 9.38 Å². The molecule has 1 aliphatic carbocycles. The molecule has 4 nitrogen and oxygen atoms in total. The maximum absolute atomic E-state index is 12.6. The number of nitrogens with zero attached hydrogens (tertiary/aromatic N) is 2. The third-order valence-corrected chi connectivity index (χ3v) is 5.38. The minimum Gasteiger partial charge on any atom is -0.326 e. The first-order valence-corrected chi connectivity index (χ1v) is 9.47. The third-order valence-electron chi connectivity index (χ3n) is 5.38. The van der Waals surface area contributed by atoms with E-state index in [4.69, 9.17) is 4.98 Å². The fourth-order valence-corrected chi connectivity index (χ4v) is 3.74. The largest absolute Gasteiger partial charge is 0.326 e. The van der Waals surface area contributed by atoms with Crippen LogP contribution >= 0.6 is 0 Å². The number of carbonyl (C=O) groups excluding carboxylic acids is 1. The zero-order valence-electron chi connectivity index (χ0n) is 15.5. The molecule has 0 spiro atoms. The second kappa shape index (κ2) is 6.94. The first-order chi connectivity index (χ1) is 12.6. The van der Waals surface area contributed by atoms with Crippen LogP contribution in [0.1, 0.15) is 43.2 Å². The molecule has 0 aliphatic heterocycles. The van der Waals surface area contributed by atoms with Gasteiger partial charge in [0, 0.05) is 29.6 Å². The summed E-state index contributed by atoms with van der Waals surface area (Å²) in [5, 5.41) is 3.16. The number of amides is 1. The molecule has 2 aromatic heterocycles. The van der Waals surface area contributed by atoms with Gasteiger partial charge >= 0.3 is 0 Å². The first-order valence-electron chi connectivity index (χ1n) is 9.47. The maximum Gasteiger partial charge on any atom is 0.227 e. The summed E-state index contributed by atoms with van der Waals surface area (Å²) in [5.41, 5.74) is 6.05. The summed E-state index contributed by atoms with van der Waals surface area (Å²) in [6.07, 6.45) is 9.67. The molecule has 0 radical (unpaired) electrons. The van der Waals surface area contributed by atoms with Crippen LogP contribution in [-0.2, 0) is 4.79 Å². The Morgan fingerprint density at radius 2 is 1.92 bits per heavy atom. The lowest BCUT2D eigenvalue weighted by Gasteiger charge is -2.21. The van der Waals surface area contributed by atoms with Gasteiger partial charge in [-0.2, -0.15) is 0 Å². The van der Waals surface area contributed by atoms with Gasteiger partial charge in [-0.25, -0.2) is 4.98 Å². The van der Waals surface area contributed by atoms with Crippen molar-refractivity contribution < 1.29 is 4.79 Å². The lowest BCUT2D eigenvalue weighted by atomic mass is 9.88. The van der Waals surface area contributed by atoms with Crippen molar-refractivity contribution in [3.8, 4) is 11.3 Å². The summed E-state index contributed by atoms with van der Waals surface area (Å²) in [5.74, 6) is 0.320. The Kier molecular flexibility index (Phi) is 4.49. The van der Waals surface area contributed by atoms with Gasteiger partial charge in [0.15, 0.2) is 0 Å². The summed E-state index contributed by atoms with van der Waals surface area (Å²) >= 11 is 0. The number of rotatable bonds is 3. The van der Waals surface area contributed by atoms with E-state index in [1.54, 1.807) is 0 Å². The molecule has 0 bridgehead atoms. The highest BCUT2D eigenvalue weighted by molar-refractivity contribution is 5.94. The normalized spacial score (nSPS) is 15.3. The van der Waals surface area contributed by atoms with Crippen LogP contribution in [0, 0.1) is 19.8 Å². The third kappa shape index (κ3) is 3.36. The van der Waals surface area contributed by atoms with Crippen molar-refractivity contribution in [3.63, 3.8) is 0 Å². The lowest BCUT2D eigenvalue weighted by Crippen LogP contribution is -2.25. The Morgan fingerprint density at radius 1 is 1.12 bits per heavy atom. The molecule has 0 unspecified atom stereocenters. The van der Waals surface area contributed by atoms with E-state index in [0.29, 0.717) is 0 Å². The minimum absolute atomic E-state index is 0.157. The van der Waals surface area contributed by atoms with E-state index in [1.165, 1.54) is 12.0 Å².